The summed E-state index contributed by atoms with van der Waals surface area (Å²) in [5.41, 5.74) is 0.884. The molecule has 0 radical (unpaired) electrons. The number of nitrogens with one attached hydrogen (secondary N) is 2. The van der Waals surface area contributed by atoms with Gasteiger partial charge in [0, 0.05) is 49.8 Å². The zero-order valence-electron chi connectivity index (χ0n) is 25.4. The number of amides is 1. The van der Waals surface area contributed by atoms with Crippen LogP contribution in [-0.4, -0.2) is 86.5 Å². The molecule has 2 heterocycles. The van der Waals surface area contributed by atoms with E-state index in [1.165, 1.54) is 37.4 Å². The van der Waals surface area contributed by atoms with Gasteiger partial charge in [0.05, 0.1) is 41.6 Å². The van der Waals surface area contributed by atoms with Crippen LogP contribution in [-0.2, 0) is 16.4 Å². The average Bonchev–Trinajstić information content (AvgIpc) is 3.37. The number of ether oxygens (including phenoxy) is 1. The Balaban J connectivity index is 1.35. The Labute approximate surface area is 263 Å². The first kappa shape index (κ1) is 33.5. The van der Waals surface area contributed by atoms with Crippen LogP contribution in [0, 0.1) is 23.7 Å². The number of likely N-dealkylation sites (tertiary alicyclic amines) is 1. The molecular formula is C31H34F5N5O4S. The molecule has 1 saturated carbocycles. The van der Waals surface area contributed by atoms with Gasteiger partial charge in [-0.1, -0.05) is 18.8 Å². The number of carbonyl (C=O) groups is 1. The van der Waals surface area contributed by atoms with Gasteiger partial charge in [-0.3, -0.25) is 4.79 Å². The Morgan fingerprint density at radius 3 is 2.59 bits per heavy atom. The van der Waals surface area contributed by atoms with Crippen LogP contribution < -0.4 is 15.4 Å². The molecule has 15 heteroatoms. The summed E-state index contributed by atoms with van der Waals surface area (Å²) < 4.78 is 96.9. The highest BCUT2D eigenvalue weighted by molar-refractivity contribution is 7.90. The van der Waals surface area contributed by atoms with Crippen LogP contribution in [0.5, 0.6) is 5.75 Å². The van der Waals surface area contributed by atoms with Gasteiger partial charge in [-0.15, -0.1) is 0 Å². The maximum atomic E-state index is 13.6. The summed E-state index contributed by atoms with van der Waals surface area (Å²) in [6.45, 7) is 2.01. The highest BCUT2D eigenvalue weighted by Crippen LogP contribution is 2.49. The molecule has 2 aliphatic rings. The zero-order chi connectivity index (χ0) is 33.4. The first-order valence-electron chi connectivity index (χ1n) is 14.6. The van der Waals surface area contributed by atoms with Crippen LogP contribution >= 0.6 is 0 Å². The van der Waals surface area contributed by atoms with Crippen LogP contribution in [0.15, 0.2) is 41.6 Å². The fourth-order valence-electron chi connectivity index (χ4n) is 5.71. The number of halogens is 5. The molecule has 1 aliphatic heterocycles. The lowest BCUT2D eigenvalue weighted by Gasteiger charge is -2.37. The number of methoxy groups -OCH3 is 1. The van der Waals surface area contributed by atoms with Gasteiger partial charge in [-0.25, -0.2) is 22.2 Å². The Bertz CT molecular complexity index is 1800. The maximum Gasteiger partial charge on any atom is 0.406 e. The first-order chi connectivity index (χ1) is 21.5. The monoisotopic (exact) mass is 667 g/mol. The third-order valence-corrected chi connectivity index (χ3v) is 9.37. The predicted octanol–water partition coefficient (Wildman–Crippen LogP) is 4.57. The van der Waals surface area contributed by atoms with E-state index in [1.807, 2.05) is 11.8 Å². The molecule has 5 rings (SSSR count). The zero-order valence-corrected chi connectivity index (χ0v) is 26.2. The number of sulfone groups is 1. The van der Waals surface area contributed by atoms with Crippen molar-refractivity contribution in [3.63, 3.8) is 0 Å². The Morgan fingerprint density at radius 1 is 1.22 bits per heavy atom. The normalized spacial score (nSPS) is 21.3. The van der Waals surface area contributed by atoms with E-state index in [4.69, 9.17) is 4.74 Å². The van der Waals surface area contributed by atoms with Gasteiger partial charge >= 0.3 is 6.18 Å². The number of imidazole rings is 1. The van der Waals surface area contributed by atoms with Gasteiger partial charge in [-0.2, -0.15) is 13.2 Å². The van der Waals surface area contributed by atoms with Crippen molar-refractivity contribution >= 4 is 32.5 Å². The molecule has 0 bridgehead atoms. The van der Waals surface area contributed by atoms with Crippen LogP contribution in [0.4, 0.5) is 27.6 Å². The van der Waals surface area contributed by atoms with E-state index in [9.17, 15) is 35.2 Å². The molecule has 46 heavy (non-hydrogen) atoms. The number of anilines is 1. The number of piperidine rings is 1. The summed E-state index contributed by atoms with van der Waals surface area (Å²) in [5, 5.41) is 5.96. The van der Waals surface area contributed by atoms with Crippen molar-refractivity contribution in [1.82, 2.24) is 19.8 Å². The van der Waals surface area contributed by atoms with Crippen molar-refractivity contribution in [3.05, 3.63) is 47.8 Å². The van der Waals surface area contributed by atoms with E-state index in [0.717, 1.165) is 17.2 Å². The molecule has 9 nitrogen and oxygen atoms in total. The Hall–Kier alpha value is -3.90. The van der Waals surface area contributed by atoms with Crippen molar-refractivity contribution in [2.24, 2.45) is 11.8 Å². The smallest absolute Gasteiger partial charge is 0.406 e. The fraction of sp³-hybridized carbons (Fsp3) is 0.484. The topological polar surface area (TPSA) is 106 Å². The Morgan fingerprint density at radius 2 is 1.96 bits per heavy atom. The molecule has 3 aromatic rings. The maximum absolute atomic E-state index is 13.6. The van der Waals surface area contributed by atoms with Crippen molar-refractivity contribution < 1.29 is 39.9 Å². The van der Waals surface area contributed by atoms with Crippen molar-refractivity contribution in [2.75, 3.05) is 44.9 Å². The lowest BCUT2D eigenvalue weighted by Crippen LogP contribution is -2.50. The largest absolute Gasteiger partial charge is 0.495 e. The number of carbonyl (C=O) groups excluding carboxylic acids is 1. The third kappa shape index (κ3) is 7.90. The van der Waals surface area contributed by atoms with Gasteiger partial charge in [0.1, 0.15) is 17.8 Å². The number of nitrogens with zero attached hydrogens (tertiary/aromatic N) is 3. The predicted molar refractivity (Wildman–Crippen MR) is 162 cm³/mol. The summed E-state index contributed by atoms with van der Waals surface area (Å²) in [6, 6.07) is 6.95. The van der Waals surface area contributed by atoms with Crippen LogP contribution in [0.1, 0.15) is 35.7 Å². The number of hydrogen-bond donors (Lipinski definition) is 2. The number of aromatic nitrogens is 2. The van der Waals surface area contributed by atoms with E-state index >= 15 is 0 Å². The quantitative estimate of drug-likeness (QED) is 0.255. The minimum absolute atomic E-state index is 0.0217. The number of hydrogen-bond acceptors (Lipinski definition) is 7. The third-order valence-electron chi connectivity index (χ3n) is 8.26. The molecule has 2 aromatic carbocycles. The molecule has 1 aromatic heterocycles. The van der Waals surface area contributed by atoms with Crippen molar-refractivity contribution in [1.29, 1.82) is 0 Å². The molecule has 1 amide bonds. The van der Waals surface area contributed by atoms with Gasteiger partial charge in [-0.05, 0) is 42.7 Å². The highest BCUT2D eigenvalue weighted by atomic mass is 32.2. The summed E-state index contributed by atoms with van der Waals surface area (Å²) in [4.78, 5) is 19.7. The number of benzene rings is 2. The number of rotatable bonds is 9. The summed E-state index contributed by atoms with van der Waals surface area (Å²) in [7, 11) is -2.05. The van der Waals surface area contributed by atoms with Gasteiger partial charge in [0.15, 0.2) is 9.84 Å². The summed E-state index contributed by atoms with van der Waals surface area (Å²) in [6.07, 6.45) is -1.99. The van der Waals surface area contributed by atoms with E-state index < -0.39 is 40.3 Å². The van der Waals surface area contributed by atoms with Crippen molar-refractivity contribution in [2.45, 2.75) is 49.3 Å². The molecule has 1 saturated heterocycles. The van der Waals surface area contributed by atoms with Gasteiger partial charge < -0.3 is 24.8 Å². The lowest BCUT2D eigenvalue weighted by atomic mass is 9.93. The molecule has 248 valence electrons. The molecular weight excluding hydrogens is 633 g/mol. The van der Waals surface area contributed by atoms with Crippen LogP contribution in [0.2, 0.25) is 0 Å². The Kier molecular flexibility index (Phi) is 9.25. The molecule has 3 atom stereocenters. The molecule has 0 unspecified atom stereocenters. The highest BCUT2D eigenvalue weighted by Gasteiger charge is 2.57. The second-order valence-corrected chi connectivity index (χ2v) is 14.0. The number of alkyl halides is 5. The van der Waals surface area contributed by atoms with Crippen LogP contribution in [0.25, 0.3) is 11.0 Å². The summed E-state index contributed by atoms with van der Waals surface area (Å²) >= 11 is 0. The second kappa shape index (κ2) is 12.7. The SMILES string of the molecule is COc1ccc(S(C)(=O)=O)cc1NCC#Cc1cc(C(=O)N[C@H]2CCN(C[C@@H]3CC3(F)F)C[C@@H]2C)c2ncn(CC(F)(F)F)c2c1. The summed E-state index contributed by atoms with van der Waals surface area (Å²) in [5.74, 6) is 2.31. The van der Waals surface area contributed by atoms with E-state index in [-0.39, 0.29) is 52.0 Å². The van der Waals surface area contributed by atoms with Crippen LogP contribution in [0.3, 0.4) is 0 Å². The van der Waals surface area contributed by atoms with Gasteiger partial charge in [0.25, 0.3) is 11.8 Å². The van der Waals surface area contributed by atoms with Gasteiger partial charge in [0.2, 0.25) is 0 Å². The fourth-order valence-corrected chi connectivity index (χ4v) is 6.35. The molecule has 2 fully saturated rings. The van der Waals surface area contributed by atoms with E-state index in [2.05, 4.69) is 27.5 Å². The number of fused-ring (bicyclic) bond motifs is 1. The average molecular weight is 668 g/mol. The minimum Gasteiger partial charge on any atom is -0.495 e. The second-order valence-electron chi connectivity index (χ2n) is 11.9. The molecule has 0 spiro atoms. The molecule has 1 aliphatic carbocycles. The molecule has 2 N–H and O–H groups in total. The lowest BCUT2D eigenvalue weighted by molar-refractivity contribution is -0.140. The minimum atomic E-state index is -4.53. The standard InChI is InChI=1S/C31H34F5N5O4S/c1-19-15-40(16-21-14-30(21,32)33)10-8-24(19)39-29(42)23-11-20(12-26-28(23)38-18-41(26)17-31(34,35)36)5-4-9-37-25-13-22(46(3,43)44)6-7-27(25)45-2/h6-7,11-13,18-19,21,24,37H,8-10,14-17H2,1-3H3,(H,39,42)/t19-,21-,24-/m0/s1. The van der Waals surface area contributed by atoms with Crippen molar-refractivity contribution in [3.8, 4) is 17.6 Å². The van der Waals surface area contributed by atoms with E-state index in [1.54, 1.807) is 0 Å². The first-order valence-corrected chi connectivity index (χ1v) is 16.5. The van der Waals surface area contributed by atoms with E-state index in [0.29, 0.717) is 37.5 Å².